The van der Waals surface area contributed by atoms with Crippen LogP contribution in [0.2, 0.25) is 0 Å². The molecule has 2 saturated heterocycles. The van der Waals surface area contributed by atoms with Gasteiger partial charge in [-0.3, -0.25) is 4.99 Å². The van der Waals surface area contributed by atoms with Crippen molar-refractivity contribution in [3.63, 3.8) is 0 Å². The molecule has 2 aliphatic heterocycles. The van der Waals surface area contributed by atoms with Gasteiger partial charge in [0.25, 0.3) is 0 Å². The number of nitrogens with one attached hydrogen (secondary N) is 2. The number of hydrogen-bond acceptors (Lipinski definition) is 3. The summed E-state index contributed by atoms with van der Waals surface area (Å²) in [5.74, 6) is 1.53. The Bertz CT molecular complexity index is 710. The molecule has 0 spiro atoms. The quantitative estimate of drug-likeness (QED) is 0.600. The van der Waals surface area contributed by atoms with Crippen LogP contribution in [0.5, 0.6) is 0 Å². The Hall–Kier alpha value is -1.75. The average Bonchev–Trinajstić information content (AvgIpc) is 3.37. The first kappa shape index (κ1) is 19.6. The molecule has 0 radical (unpaired) electrons. The third-order valence-electron chi connectivity index (χ3n) is 6.90. The molecule has 4 unspecified atom stereocenters. The van der Waals surface area contributed by atoms with Crippen molar-refractivity contribution in [1.82, 2.24) is 10.6 Å². The SMILES string of the molecule is CCN=C(NC(C)c1cccc(N2CCCC2)c1)NC1C2CCOC2C1(C)C. The van der Waals surface area contributed by atoms with Gasteiger partial charge in [-0.05, 0) is 50.8 Å². The molecule has 5 nitrogen and oxygen atoms in total. The molecule has 28 heavy (non-hydrogen) atoms. The maximum atomic E-state index is 5.95. The predicted octanol–water partition coefficient (Wildman–Crippen LogP) is 3.72. The van der Waals surface area contributed by atoms with E-state index in [1.54, 1.807) is 0 Å². The van der Waals surface area contributed by atoms with E-state index in [1.807, 2.05) is 0 Å². The van der Waals surface area contributed by atoms with Crippen molar-refractivity contribution in [3.8, 4) is 0 Å². The molecular formula is C23H36N4O. The molecule has 4 atom stereocenters. The highest BCUT2D eigenvalue weighted by atomic mass is 16.5. The molecule has 154 valence electrons. The van der Waals surface area contributed by atoms with Crippen molar-refractivity contribution in [2.24, 2.45) is 16.3 Å². The van der Waals surface area contributed by atoms with Crippen molar-refractivity contribution in [3.05, 3.63) is 29.8 Å². The highest BCUT2D eigenvalue weighted by Gasteiger charge is 2.59. The summed E-state index contributed by atoms with van der Waals surface area (Å²) in [6, 6.07) is 9.59. The lowest BCUT2D eigenvalue weighted by molar-refractivity contribution is -0.106. The molecule has 4 rings (SSSR count). The fraction of sp³-hybridized carbons (Fsp3) is 0.696. The highest BCUT2D eigenvalue weighted by Crippen LogP contribution is 2.52. The minimum atomic E-state index is 0.149. The number of anilines is 1. The van der Waals surface area contributed by atoms with Crippen LogP contribution in [0.4, 0.5) is 5.69 Å². The van der Waals surface area contributed by atoms with Gasteiger partial charge in [0.05, 0.1) is 12.1 Å². The Morgan fingerprint density at radius 2 is 2.11 bits per heavy atom. The van der Waals surface area contributed by atoms with Crippen LogP contribution in [-0.2, 0) is 4.74 Å². The zero-order valence-electron chi connectivity index (χ0n) is 17.9. The zero-order chi connectivity index (χ0) is 19.7. The maximum Gasteiger partial charge on any atom is 0.191 e. The molecule has 1 aromatic carbocycles. The molecule has 5 heteroatoms. The van der Waals surface area contributed by atoms with Crippen LogP contribution >= 0.6 is 0 Å². The van der Waals surface area contributed by atoms with Gasteiger partial charge in [0.1, 0.15) is 0 Å². The Labute approximate surface area is 169 Å². The van der Waals surface area contributed by atoms with Crippen LogP contribution in [0.15, 0.2) is 29.3 Å². The molecule has 1 aliphatic carbocycles. The third-order valence-corrected chi connectivity index (χ3v) is 6.90. The molecule has 0 aromatic heterocycles. The number of rotatable bonds is 5. The summed E-state index contributed by atoms with van der Waals surface area (Å²) in [7, 11) is 0. The zero-order valence-corrected chi connectivity index (χ0v) is 17.9. The first-order chi connectivity index (χ1) is 13.5. The molecule has 1 aromatic rings. The molecule has 0 amide bonds. The van der Waals surface area contributed by atoms with Crippen LogP contribution in [0.3, 0.4) is 0 Å². The largest absolute Gasteiger partial charge is 0.377 e. The summed E-state index contributed by atoms with van der Waals surface area (Å²) < 4.78 is 5.95. The van der Waals surface area contributed by atoms with Crippen molar-refractivity contribution in [1.29, 1.82) is 0 Å². The van der Waals surface area contributed by atoms with Gasteiger partial charge in [0.15, 0.2) is 5.96 Å². The molecule has 3 aliphatic rings. The fourth-order valence-corrected chi connectivity index (χ4v) is 5.31. The monoisotopic (exact) mass is 384 g/mol. The summed E-state index contributed by atoms with van der Waals surface area (Å²) in [6.45, 7) is 13.0. The maximum absolute atomic E-state index is 5.95. The van der Waals surface area contributed by atoms with Gasteiger partial charge in [-0.25, -0.2) is 0 Å². The summed E-state index contributed by atoms with van der Waals surface area (Å²) in [4.78, 5) is 7.23. The van der Waals surface area contributed by atoms with E-state index >= 15 is 0 Å². The molecule has 1 saturated carbocycles. The van der Waals surface area contributed by atoms with Gasteiger partial charge in [0.2, 0.25) is 0 Å². The van der Waals surface area contributed by atoms with E-state index < -0.39 is 0 Å². The summed E-state index contributed by atoms with van der Waals surface area (Å²) >= 11 is 0. The van der Waals surface area contributed by atoms with Crippen LogP contribution in [0.25, 0.3) is 0 Å². The van der Waals surface area contributed by atoms with Gasteiger partial charge in [-0.2, -0.15) is 0 Å². The fourth-order valence-electron chi connectivity index (χ4n) is 5.31. The number of hydrogen-bond donors (Lipinski definition) is 2. The highest BCUT2D eigenvalue weighted by molar-refractivity contribution is 5.81. The van der Waals surface area contributed by atoms with Crippen molar-refractivity contribution in [2.75, 3.05) is 31.1 Å². The van der Waals surface area contributed by atoms with Crippen LogP contribution in [-0.4, -0.2) is 44.3 Å². The molecule has 3 fully saturated rings. The Balaban J connectivity index is 1.43. The Morgan fingerprint density at radius 1 is 1.32 bits per heavy atom. The van der Waals surface area contributed by atoms with Crippen LogP contribution in [0.1, 0.15) is 58.6 Å². The van der Waals surface area contributed by atoms with Gasteiger partial charge >= 0.3 is 0 Å². The Kier molecular flexibility index (Phi) is 5.55. The lowest BCUT2D eigenvalue weighted by Gasteiger charge is -2.55. The predicted molar refractivity (Wildman–Crippen MR) is 116 cm³/mol. The van der Waals surface area contributed by atoms with E-state index in [9.17, 15) is 0 Å². The van der Waals surface area contributed by atoms with Gasteiger partial charge in [0, 0.05) is 49.3 Å². The average molecular weight is 385 g/mol. The standard InChI is InChI=1S/C23H36N4O/c1-5-24-22(26-20-19-11-14-28-21(19)23(20,3)4)25-16(2)17-9-8-10-18(15-17)27-12-6-7-13-27/h8-10,15-16,19-21H,5-7,11-14H2,1-4H3,(H2,24,25,26). The van der Waals surface area contributed by atoms with E-state index in [0.29, 0.717) is 18.1 Å². The number of guanidine groups is 1. The number of aliphatic imine (C=N–C) groups is 1. The van der Waals surface area contributed by atoms with E-state index in [4.69, 9.17) is 9.73 Å². The number of benzene rings is 1. The second-order valence-corrected chi connectivity index (χ2v) is 9.17. The second-order valence-electron chi connectivity index (χ2n) is 9.17. The van der Waals surface area contributed by atoms with Gasteiger partial charge in [-0.15, -0.1) is 0 Å². The molecule has 0 bridgehead atoms. The lowest BCUT2D eigenvalue weighted by atomic mass is 9.57. The van der Waals surface area contributed by atoms with Crippen molar-refractivity contribution >= 4 is 11.6 Å². The molecule has 2 heterocycles. The van der Waals surface area contributed by atoms with E-state index in [0.717, 1.165) is 25.5 Å². The Morgan fingerprint density at radius 3 is 2.86 bits per heavy atom. The van der Waals surface area contributed by atoms with Gasteiger partial charge < -0.3 is 20.3 Å². The van der Waals surface area contributed by atoms with Crippen molar-refractivity contribution < 1.29 is 4.74 Å². The van der Waals surface area contributed by atoms with Crippen LogP contribution < -0.4 is 15.5 Å². The first-order valence-electron chi connectivity index (χ1n) is 11.0. The number of nitrogens with zero attached hydrogens (tertiary/aromatic N) is 2. The third kappa shape index (κ3) is 3.61. The van der Waals surface area contributed by atoms with Crippen LogP contribution in [0, 0.1) is 11.3 Å². The normalized spacial score (nSPS) is 29.9. The first-order valence-corrected chi connectivity index (χ1v) is 11.0. The number of ether oxygens (including phenoxy) is 1. The minimum Gasteiger partial charge on any atom is -0.377 e. The van der Waals surface area contributed by atoms with Crippen molar-refractivity contribution in [2.45, 2.75) is 65.1 Å². The van der Waals surface area contributed by atoms with Gasteiger partial charge in [-0.1, -0.05) is 26.0 Å². The smallest absolute Gasteiger partial charge is 0.191 e. The molecule has 2 N–H and O–H groups in total. The minimum absolute atomic E-state index is 0.149. The van der Waals surface area contributed by atoms with E-state index in [1.165, 1.54) is 37.2 Å². The van der Waals surface area contributed by atoms with E-state index in [2.05, 4.69) is 67.5 Å². The lowest BCUT2D eigenvalue weighted by Crippen LogP contribution is -2.68. The second kappa shape index (κ2) is 7.94. The summed E-state index contributed by atoms with van der Waals surface area (Å²) in [5, 5.41) is 7.38. The topological polar surface area (TPSA) is 48.9 Å². The summed E-state index contributed by atoms with van der Waals surface area (Å²) in [6.07, 6.45) is 4.15. The number of fused-ring (bicyclic) bond motifs is 1. The summed E-state index contributed by atoms with van der Waals surface area (Å²) in [5.41, 5.74) is 2.80. The molecular weight excluding hydrogens is 348 g/mol. The van der Waals surface area contributed by atoms with E-state index in [-0.39, 0.29) is 11.5 Å².